The van der Waals surface area contributed by atoms with Crippen molar-refractivity contribution < 1.29 is 27.5 Å². The van der Waals surface area contributed by atoms with Crippen molar-refractivity contribution >= 4 is 27.6 Å². The summed E-state index contributed by atoms with van der Waals surface area (Å²) in [5.41, 5.74) is 2.84. The largest absolute Gasteiger partial charge is 0.495 e. The van der Waals surface area contributed by atoms with E-state index < -0.39 is 22.6 Å². The van der Waals surface area contributed by atoms with Gasteiger partial charge in [0, 0.05) is 7.05 Å². The zero-order valence-electron chi connectivity index (χ0n) is 20.1. The second-order valence-electron chi connectivity index (χ2n) is 8.46. The van der Waals surface area contributed by atoms with E-state index in [0.717, 1.165) is 29.1 Å². The lowest BCUT2D eigenvalue weighted by Crippen LogP contribution is -2.34. The summed E-state index contributed by atoms with van der Waals surface area (Å²) in [6.07, 6.45) is 2.79. The number of aryl methyl sites for hydroxylation is 1. The number of esters is 1. The van der Waals surface area contributed by atoms with E-state index in [4.69, 9.17) is 9.47 Å². The molecule has 9 heteroatoms. The van der Waals surface area contributed by atoms with Gasteiger partial charge in [-0.2, -0.15) is 0 Å². The number of carbonyl (C=O) groups excluding carboxylic acids is 2. The predicted molar refractivity (Wildman–Crippen MR) is 136 cm³/mol. The number of rotatable bonds is 8. The topological polar surface area (TPSA) is 102 Å². The van der Waals surface area contributed by atoms with Crippen LogP contribution in [0.3, 0.4) is 0 Å². The maximum Gasteiger partial charge on any atom is 0.338 e. The van der Waals surface area contributed by atoms with E-state index >= 15 is 0 Å². The first-order valence-electron chi connectivity index (χ1n) is 11.6. The number of amides is 1. The number of ether oxygens (including phenoxy) is 2. The van der Waals surface area contributed by atoms with Crippen LogP contribution in [0.15, 0.2) is 77.7 Å². The number of anilines is 1. The highest BCUT2D eigenvalue weighted by atomic mass is 32.2. The van der Waals surface area contributed by atoms with Crippen LogP contribution in [0.4, 0.5) is 5.69 Å². The second-order valence-corrected chi connectivity index (χ2v) is 10.4. The lowest BCUT2D eigenvalue weighted by Gasteiger charge is -2.26. The van der Waals surface area contributed by atoms with Crippen molar-refractivity contribution in [2.24, 2.45) is 0 Å². The Labute approximate surface area is 210 Å². The average molecular weight is 509 g/mol. The molecule has 188 valence electrons. The molecule has 4 rings (SSSR count). The SMILES string of the molecule is COc1ccccc1N(C)S(=O)(=O)c1ccc(C(=O)OCC(=O)N[C@@H]2CCCc3ccccc32)cc1. The number of methoxy groups -OCH3 is 1. The van der Waals surface area contributed by atoms with Crippen LogP contribution in [0.1, 0.15) is 40.4 Å². The summed E-state index contributed by atoms with van der Waals surface area (Å²) >= 11 is 0. The van der Waals surface area contributed by atoms with E-state index in [0.29, 0.717) is 11.4 Å². The van der Waals surface area contributed by atoms with Crippen molar-refractivity contribution in [2.45, 2.75) is 30.2 Å². The lowest BCUT2D eigenvalue weighted by molar-refractivity contribution is -0.125. The molecule has 0 aromatic heterocycles. The fraction of sp³-hybridized carbons (Fsp3) is 0.259. The summed E-state index contributed by atoms with van der Waals surface area (Å²) in [7, 11) is -1.00. The average Bonchev–Trinajstić information content (AvgIpc) is 2.91. The Morgan fingerprint density at radius 1 is 1.00 bits per heavy atom. The van der Waals surface area contributed by atoms with Crippen LogP contribution in [0.2, 0.25) is 0 Å². The van der Waals surface area contributed by atoms with E-state index in [1.54, 1.807) is 24.3 Å². The Bertz CT molecular complexity index is 1350. The van der Waals surface area contributed by atoms with Crippen LogP contribution in [-0.2, 0) is 26.0 Å². The van der Waals surface area contributed by atoms with Gasteiger partial charge >= 0.3 is 5.97 Å². The molecule has 1 N–H and O–H groups in total. The van der Waals surface area contributed by atoms with Crippen molar-refractivity contribution in [1.82, 2.24) is 5.32 Å². The first-order chi connectivity index (χ1) is 17.3. The van der Waals surface area contributed by atoms with Gasteiger partial charge in [-0.25, -0.2) is 13.2 Å². The van der Waals surface area contributed by atoms with Crippen LogP contribution in [0, 0.1) is 0 Å². The minimum Gasteiger partial charge on any atom is -0.495 e. The Morgan fingerprint density at radius 2 is 1.69 bits per heavy atom. The summed E-state index contributed by atoms with van der Waals surface area (Å²) in [5, 5.41) is 2.94. The summed E-state index contributed by atoms with van der Waals surface area (Å²) in [4.78, 5) is 24.9. The van der Waals surface area contributed by atoms with Crippen LogP contribution in [0.5, 0.6) is 5.75 Å². The highest BCUT2D eigenvalue weighted by Gasteiger charge is 2.25. The van der Waals surface area contributed by atoms with E-state index in [9.17, 15) is 18.0 Å². The lowest BCUT2D eigenvalue weighted by atomic mass is 9.88. The van der Waals surface area contributed by atoms with Crippen molar-refractivity contribution in [2.75, 3.05) is 25.1 Å². The van der Waals surface area contributed by atoms with Crippen molar-refractivity contribution in [3.63, 3.8) is 0 Å². The van der Waals surface area contributed by atoms with Gasteiger partial charge in [0.05, 0.1) is 29.3 Å². The quantitative estimate of drug-likeness (QED) is 0.464. The minimum absolute atomic E-state index is 0.00108. The third-order valence-electron chi connectivity index (χ3n) is 6.21. The number of fused-ring (bicyclic) bond motifs is 1. The molecule has 3 aromatic rings. The van der Waals surface area contributed by atoms with E-state index in [-0.39, 0.29) is 22.4 Å². The van der Waals surface area contributed by atoms with Gasteiger partial charge < -0.3 is 14.8 Å². The summed E-state index contributed by atoms with van der Waals surface area (Å²) in [6, 6.07) is 20.0. The molecule has 3 aromatic carbocycles. The number of nitrogens with one attached hydrogen (secondary N) is 1. The summed E-state index contributed by atoms with van der Waals surface area (Å²) in [6.45, 7) is -0.423. The van der Waals surface area contributed by atoms with Crippen LogP contribution >= 0.6 is 0 Å². The molecule has 0 radical (unpaired) electrons. The van der Waals surface area contributed by atoms with Crippen LogP contribution < -0.4 is 14.4 Å². The normalized spacial score (nSPS) is 14.9. The number of hydrogen-bond donors (Lipinski definition) is 1. The molecule has 1 aliphatic carbocycles. The first-order valence-corrected chi connectivity index (χ1v) is 13.0. The highest BCUT2D eigenvalue weighted by molar-refractivity contribution is 7.92. The fourth-order valence-corrected chi connectivity index (χ4v) is 5.50. The number of hydrogen-bond acceptors (Lipinski definition) is 6. The molecule has 0 fully saturated rings. The number of nitrogens with zero attached hydrogens (tertiary/aromatic N) is 1. The molecule has 1 atom stereocenters. The van der Waals surface area contributed by atoms with Gasteiger partial charge in [0.25, 0.3) is 15.9 Å². The molecule has 36 heavy (non-hydrogen) atoms. The van der Waals surface area contributed by atoms with Gasteiger partial charge in [-0.1, -0.05) is 36.4 Å². The Kier molecular flexibility index (Phi) is 7.59. The number of carbonyl (C=O) groups is 2. The molecule has 1 amide bonds. The van der Waals surface area contributed by atoms with E-state index in [2.05, 4.69) is 11.4 Å². The highest BCUT2D eigenvalue weighted by Crippen LogP contribution is 2.31. The van der Waals surface area contributed by atoms with Gasteiger partial charge in [-0.15, -0.1) is 0 Å². The molecular weight excluding hydrogens is 480 g/mol. The molecule has 0 saturated heterocycles. The van der Waals surface area contributed by atoms with Gasteiger partial charge in [0.1, 0.15) is 5.75 Å². The number of benzene rings is 3. The number of para-hydroxylation sites is 2. The molecule has 0 spiro atoms. The first kappa shape index (κ1) is 25.2. The van der Waals surface area contributed by atoms with Gasteiger partial charge in [0.2, 0.25) is 0 Å². The fourth-order valence-electron chi connectivity index (χ4n) is 4.29. The molecule has 1 aliphatic rings. The second kappa shape index (κ2) is 10.8. The Morgan fingerprint density at radius 3 is 2.44 bits per heavy atom. The van der Waals surface area contributed by atoms with Crippen molar-refractivity contribution in [1.29, 1.82) is 0 Å². The van der Waals surface area contributed by atoms with Crippen LogP contribution in [0.25, 0.3) is 0 Å². The number of sulfonamides is 1. The smallest absolute Gasteiger partial charge is 0.338 e. The molecule has 0 saturated carbocycles. The molecule has 0 bridgehead atoms. The maximum absolute atomic E-state index is 13.1. The maximum atomic E-state index is 13.1. The summed E-state index contributed by atoms with van der Waals surface area (Å²) < 4.78 is 37.7. The molecule has 8 nitrogen and oxygen atoms in total. The molecular formula is C27H28N2O6S. The van der Waals surface area contributed by atoms with Gasteiger partial charge in [-0.3, -0.25) is 9.10 Å². The monoisotopic (exact) mass is 508 g/mol. The predicted octanol–water partition coefficient (Wildman–Crippen LogP) is 3.87. The van der Waals surface area contributed by atoms with Crippen molar-refractivity contribution in [3.05, 3.63) is 89.5 Å². The van der Waals surface area contributed by atoms with Gasteiger partial charge in [-0.05, 0) is 66.8 Å². The molecule has 0 heterocycles. The van der Waals surface area contributed by atoms with Crippen molar-refractivity contribution in [3.8, 4) is 5.75 Å². The summed E-state index contributed by atoms with van der Waals surface area (Å²) in [5.74, 6) is -0.683. The third kappa shape index (κ3) is 5.36. The zero-order chi connectivity index (χ0) is 25.7. The standard InChI is InChI=1S/C27H28N2O6S/c1-29(24-12-5-6-13-25(24)34-2)36(32,33)21-16-14-20(15-17-21)27(31)35-18-26(30)28-23-11-7-9-19-8-3-4-10-22(19)23/h3-6,8,10,12-17,23H,7,9,11,18H2,1-2H3,(H,28,30)/t23-/m1/s1. The molecule has 0 aliphatic heterocycles. The zero-order valence-corrected chi connectivity index (χ0v) is 21.0. The Balaban J connectivity index is 1.37. The minimum atomic E-state index is -3.90. The Hall–Kier alpha value is -3.85. The molecule has 0 unspecified atom stereocenters. The van der Waals surface area contributed by atoms with E-state index in [1.807, 2.05) is 18.2 Å². The van der Waals surface area contributed by atoms with Crippen LogP contribution in [-0.4, -0.2) is 41.1 Å². The van der Waals surface area contributed by atoms with E-state index in [1.165, 1.54) is 44.0 Å². The third-order valence-corrected chi connectivity index (χ3v) is 8.00. The van der Waals surface area contributed by atoms with Gasteiger partial charge in [0.15, 0.2) is 6.61 Å².